The Hall–Kier alpha value is -0.420. The third-order valence-corrected chi connectivity index (χ3v) is 0.632. The minimum Gasteiger partial charge on any atom is -0.216 e. The van der Waals surface area contributed by atoms with E-state index in [-0.39, 0.29) is 0 Å². The van der Waals surface area contributed by atoms with Crippen molar-refractivity contribution < 1.29 is 0 Å². The Morgan fingerprint density at radius 3 is 2.83 bits per heavy atom. The van der Waals surface area contributed by atoms with Crippen LogP contribution in [0.25, 0.3) is 0 Å². The van der Waals surface area contributed by atoms with Crippen molar-refractivity contribution in [1.29, 1.82) is 0 Å². The molecule has 0 fully saturated rings. The van der Waals surface area contributed by atoms with Gasteiger partial charge in [0.05, 0.1) is 11.9 Å². The Bertz CT molecular complexity index is 80.0. The van der Waals surface area contributed by atoms with Crippen LogP contribution >= 0.6 is 11.9 Å². The largest absolute Gasteiger partial charge is 0.216 e. The van der Waals surface area contributed by atoms with E-state index in [1.165, 1.54) is 0 Å². The lowest BCUT2D eigenvalue weighted by molar-refractivity contribution is 1.89. The van der Waals surface area contributed by atoms with Gasteiger partial charge in [-0.2, -0.15) is 0 Å². The molecule has 0 rings (SSSR count). The molecular weight excluding hydrogens is 94.1 g/mol. The van der Waals surface area contributed by atoms with Gasteiger partial charge >= 0.3 is 0 Å². The van der Waals surface area contributed by atoms with Crippen molar-refractivity contribution >= 4 is 18.2 Å². The highest BCUT2D eigenvalue weighted by molar-refractivity contribution is 8.02. The van der Waals surface area contributed by atoms with E-state index in [1.54, 1.807) is 6.21 Å². The fourth-order valence-electron chi connectivity index (χ4n) is 0.0831. The summed E-state index contributed by atoms with van der Waals surface area (Å²) in [4.78, 5) is 0. The first kappa shape index (κ1) is 5.58. The van der Waals surface area contributed by atoms with Gasteiger partial charge < -0.3 is 0 Å². The molecule has 0 aliphatic carbocycles. The van der Waals surface area contributed by atoms with Gasteiger partial charge in [-0.1, -0.05) is 0 Å². The second-order valence-electron chi connectivity index (χ2n) is 0.573. The molecule has 0 amide bonds. The molecule has 0 radical (unpaired) electrons. The number of terminal acetylenes is 1. The van der Waals surface area contributed by atoms with Crippen LogP contribution < -0.4 is 0 Å². The Kier molecular flexibility index (Phi) is 4.26. The first-order valence-corrected chi connectivity index (χ1v) is 2.28. The molecule has 0 saturated carbocycles. The maximum Gasteiger partial charge on any atom is 0.0621 e. The summed E-state index contributed by atoms with van der Waals surface area (Å²) in [6, 6.07) is 0. The van der Waals surface area contributed by atoms with Crippen molar-refractivity contribution in [2.75, 3.05) is 0 Å². The van der Waals surface area contributed by atoms with Gasteiger partial charge in [0.15, 0.2) is 0 Å². The van der Waals surface area contributed by atoms with Crippen LogP contribution in [0.2, 0.25) is 0 Å². The van der Waals surface area contributed by atoms with Crippen molar-refractivity contribution in [2.45, 2.75) is 6.92 Å². The first-order chi connectivity index (χ1) is 2.91. The second-order valence-corrected chi connectivity index (χ2v) is 1.20. The summed E-state index contributed by atoms with van der Waals surface area (Å²) in [6.45, 7) is 1.82. The summed E-state index contributed by atoms with van der Waals surface area (Å²) in [5, 5.41) is 2.29. The van der Waals surface area contributed by atoms with Crippen molar-refractivity contribution in [2.24, 2.45) is 4.40 Å². The molecule has 0 N–H and O–H groups in total. The minimum absolute atomic E-state index is 1.11. The van der Waals surface area contributed by atoms with Crippen LogP contribution in [0.15, 0.2) is 4.40 Å². The lowest BCUT2D eigenvalue weighted by atomic mass is 10.9. The molecule has 0 bridgehead atoms. The van der Waals surface area contributed by atoms with E-state index in [0.717, 1.165) is 11.9 Å². The van der Waals surface area contributed by atoms with E-state index in [4.69, 9.17) is 6.42 Å². The number of rotatable bonds is 1. The van der Waals surface area contributed by atoms with E-state index in [1.807, 2.05) is 6.92 Å². The van der Waals surface area contributed by atoms with Crippen LogP contribution in [0.4, 0.5) is 0 Å². The molecule has 32 valence electrons. The normalized spacial score (nSPS) is 8.67. The molecule has 2 heteroatoms. The summed E-state index contributed by atoms with van der Waals surface area (Å²) in [7, 11) is 0. The van der Waals surface area contributed by atoms with Crippen LogP contribution in [-0.4, -0.2) is 6.21 Å². The molecule has 0 aromatic rings. The van der Waals surface area contributed by atoms with Crippen LogP contribution in [0, 0.1) is 11.7 Å². The summed E-state index contributed by atoms with van der Waals surface area (Å²) in [5.74, 6) is 0. The molecule has 0 aromatic heterocycles. The van der Waals surface area contributed by atoms with Gasteiger partial charge in [0.2, 0.25) is 0 Å². The molecule has 1 nitrogen and oxygen atoms in total. The smallest absolute Gasteiger partial charge is 0.0621 e. The van der Waals surface area contributed by atoms with Gasteiger partial charge in [-0.25, -0.2) is 4.40 Å². The summed E-state index contributed by atoms with van der Waals surface area (Å²) in [6.07, 6.45) is 6.47. The molecule has 0 aliphatic rings. The van der Waals surface area contributed by atoms with Gasteiger partial charge in [-0.15, -0.1) is 6.42 Å². The zero-order valence-electron chi connectivity index (χ0n) is 3.51. The SMILES string of the molecule is C#CS/N=C\C. The van der Waals surface area contributed by atoms with E-state index in [9.17, 15) is 0 Å². The van der Waals surface area contributed by atoms with Gasteiger partial charge in [0.1, 0.15) is 0 Å². The van der Waals surface area contributed by atoms with E-state index < -0.39 is 0 Å². The molecule has 0 spiro atoms. The van der Waals surface area contributed by atoms with Gasteiger partial charge in [-0.3, -0.25) is 0 Å². The summed E-state index contributed by atoms with van der Waals surface area (Å²) >= 11 is 1.11. The van der Waals surface area contributed by atoms with Crippen molar-refractivity contribution in [3.05, 3.63) is 0 Å². The monoisotopic (exact) mass is 99.0 g/mol. The second kappa shape index (κ2) is 4.58. The topological polar surface area (TPSA) is 12.4 Å². The number of nitrogens with zero attached hydrogens (tertiary/aromatic N) is 1. The molecule has 0 aromatic carbocycles. The summed E-state index contributed by atoms with van der Waals surface area (Å²) in [5.41, 5.74) is 0. The maximum absolute atomic E-state index is 4.81. The number of hydrogen-bond donors (Lipinski definition) is 0. The zero-order chi connectivity index (χ0) is 4.83. The van der Waals surface area contributed by atoms with E-state index in [0.29, 0.717) is 0 Å². The van der Waals surface area contributed by atoms with Crippen LogP contribution in [0.3, 0.4) is 0 Å². The fraction of sp³-hybridized carbons (Fsp3) is 0.250. The highest BCUT2D eigenvalue weighted by atomic mass is 32.2. The molecular formula is C4H5NS. The molecule has 0 aliphatic heterocycles. The highest BCUT2D eigenvalue weighted by Gasteiger charge is 1.58. The van der Waals surface area contributed by atoms with Crippen molar-refractivity contribution in [3.8, 4) is 11.7 Å². The van der Waals surface area contributed by atoms with Gasteiger partial charge in [-0.05, 0) is 12.2 Å². The third kappa shape index (κ3) is 3.58. The first-order valence-electron chi connectivity index (χ1n) is 1.51. The quantitative estimate of drug-likeness (QED) is 0.274. The Labute approximate surface area is 42.0 Å². The van der Waals surface area contributed by atoms with Crippen LogP contribution in [0.5, 0.6) is 0 Å². The molecule has 0 saturated heterocycles. The van der Waals surface area contributed by atoms with E-state index >= 15 is 0 Å². The highest BCUT2D eigenvalue weighted by Crippen LogP contribution is 1.92. The molecule has 0 heterocycles. The Balaban J connectivity index is 2.92. The predicted molar refractivity (Wildman–Crippen MR) is 30.6 cm³/mol. The van der Waals surface area contributed by atoms with E-state index in [2.05, 4.69) is 9.65 Å². The van der Waals surface area contributed by atoms with Crippen molar-refractivity contribution in [1.82, 2.24) is 0 Å². The average molecular weight is 99.2 g/mol. The maximum atomic E-state index is 4.81. The minimum atomic E-state index is 1.11. The van der Waals surface area contributed by atoms with Gasteiger partial charge in [0, 0.05) is 6.21 Å². The summed E-state index contributed by atoms with van der Waals surface area (Å²) < 4.78 is 3.65. The molecule has 6 heavy (non-hydrogen) atoms. The van der Waals surface area contributed by atoms with Crippen molar-refractivity contribution in [3.63, 3.8) is 0 Å². The standard InChI is InChI=1S/C4H5NS/c1-3-5-6-4-2/h2-3H,1H3/b5-3-. The molecule has 0 unspecified atom stereocenters. The molecule has 0 atom stereocenters. The number of hydrogen-bond acceptors (Lipinski definition) is 2. The van der Waals surface area contributed by atoms with Crippen LogP contribution in [0.1, 0.15) is 6.92 Å². The Morgan fingerprint density at radius 1 is 2.00 bits per heavy atom. The lowest BCUT2D eigenvalue weighted by Gasteiger charge is -1.66. The predicted octanol–water partition coefficient (Wildman–Crippen LogP) is 1.32. The van der Waals surface area contributed by atoms with Crippen LogP contribution in [-0.2, 0) is 0 Å². The lowest BCUT2D eigenvalue weighted by Crippen LogP contribution is -1.46. The zero-order valence-corrected chi connectivity index (χ0v) is 4.33. The van der Waals surface area contributed by atoms with Gasteiger partial charge in [0.25, 0.3) is 0 Å². The fourth-order valence-corrected chi connectivity index (χ4v) is 0.249. The average Bonchev–Trinajstić information content (AvgIpc) is 1.61. The Morgan fingerprint density at radius 2 is 2.67 bits per heavy atom. The third-order valence-electron chi connectivity index (χ3n) is 0.211.